The van der Waals surface area contributed by atoms with Gasteiger partial charge in [0.1, 0.15) is 5.75 Å². The Morgan fingerprint density at radius 3 is 2.79 bits per heavy atom. The van der Waals surface area contributed by atoms with Crippen molar-refractivity contribution in [2.45, 2.75) is 31.2 Å². The Morgan fingerprint density at radius 2 is 2.00 bits per heavy atom. The fraction of sp³-hybridized carbons (Fsp3) is 0.625. The number of benzene rings is 1. The van der Waals surface area contributed by atoms with Crippen LogP contribution in [0.4, 0.5) is 0 Å². The predicted molar refractivity (Wildman–Crippen MR) is 77.8 cm³/mol. The molecule has 1 aromatic rings. The minimum atomic E-state index is 0.649. The van der Waals surface area contributed by atoms with Gasteiger partial charge in [-0.2, -0.15) is 0 Å². The number of nitrogens with zero attached hydrogens (tertiary/aromatic N) is 1. The van der Waals surface area contributed by atoms with Crippen LogP contribution in [0.2, 0.25) is 0 Å². The molecule has 0 spiro atoms. The number of likely N-dealkylation sites (tertiary alicyclic amines) is 1. The lowest BCUT2D eigenvalue weighted by Crippen LogP contribution is -2.43. The van der Waals surface area contributed by atoms with Crippen LogP contribution in [0.25, 0.3) is 0 Å². The first-order valence-corrected chi connectivity index (χ1v) is 7.48. The summed E-state index contributed by atoms with van der Waals surface area (Å²) < 4.78 is 5.75. The van der Waals surface area contributed by atoms with Crippen molar-refractivity contribution in [2.75, 3.05) is 33.3 Å². The number of hydrogen-bond acceptors (Lipinski definition) is 3. The van der Waals surface area contributed by atoms with Crippen LogP contribution in [0.1, 0.15) is 30.7 Å². The second kappa shape index (κ2) is 5.93. The number of para-hydroxylation sites is 1. The molecule has 3 heteroatoms. The Bertz CT molecular complexity index is 413. The first-order chi connectivity index (χ1) is 9.36. The van der Waals surface area contributed by atoms with Gasteiger partial charge in [0, 0.05) is 18.5 Å². The molecule has 0 amide bonds. The zero-order valence-corrected chi connectivity index (χ0v) is 11.8. The van der Waals surface area contributed by atoms with Crippen molar-refractivity contribution >= 4 is 0 Å². The second-order valence-electron chi connectivity index (χ2n) is 5.74. The Balaban J connectivity index is 1.62. The maximum Gasteiger partial charge on any atom is 0.122 e. The van der Waals surface area contributed by atoms with Gasteiger partial charge in [-0.1, -0.05) is 18.2 Å². The van der Waals surface area contributed by atoms with E-state index in [0.717, 1.165) is 24.8 Å². The van der Waals surface area contributed by atoms with E-state index in [4.69, 9.17) is 4.74 Å². The smallest absolute Gasteiger partial charge is 0.122 e. The molecule has 0 aromatic heterocycles. The van der Waals surface area contributed by atoms with Gasteiger partial charge >= 0.3 is 0 Å². The third-order valence-electron chi connectivity index (χ3n) is 4.56. The van der Waals surface area contributed by atoms with Gasteiger partial charge in [0.2, 0.25) is 0 Å². The molecule has 1 fully saturated rings. The van der Waals surface area contributed by atoms with Crippen LogP contribution in [0.15, 0.2) is 24.3 Å². The third kappa shape index (κ3) is 2.93. The minimum Gasteiger partial charge on any atom is -0.493 e. The molecular formula is C16H24N2O. The Labute approximate surface area is 115 Å². The average Bonchev–Trinajstić information content (AvgIpc) is 2.48. The Kier molecular flexibility index (Phi) is 4.04. The summed E-state index contributed by atoms with van der Waals surface area (Å²) in [5.74, 6) is 1.75. The van der Waals surface area contributed by atoms with E-state index in [1.165, 1.54) is 38.0 Å². The van der Waals surface area contributed by atoms with E-state index in [1.54, 1.807) is 0 Å². The van der Waals surface area contributed by atoms with Crippen LogP contribution in [-0.2, 0) is 0 Å². The molecular weight excluding hydrogens is 236 g/mol. The molecule has 1 aromatic carbocycles. The molecule has 1 saturated heterocycles. The maximum atomic E-state index is 5.75. The fourth-order valence-electron chi connectivity index (χ4n) is 3.32. The van der Waals surface area contributed by atoms with Gasteiger partial charge in [-0.3, -0.25) is 0 Å². The van der Waals surface area contributed by atoms with E-state index < -0.39 is 0 Å². The summed E-state index contributed by atoms with van der Waals surface area (Å²) in [5, 5.41) is 3.40. The molecule has 104 valence electrons. The minimum absolute atomic E-state index is 0.649. The Morgan fingerprint density at radius 1 is 1.21 bits per heavy atom. The highest BCUT2D eigenvalue weighted by Crippen LogP contribution is 2.34. The summed E-state index contributed by atoms with van der Waals surface area (Å²) in [7, 11) is 2.08. The highest BCUT2D eigenvalue weighted by atomic mass is 16.5. The van der Waals surface area contributed by atoms with Crippen molar-refractivity contribution < 1.29 is 4.74 Å². The normalized spacial score (nSPS) is 24.8. The second-order valence-corrected chi connectivity index (χ2v) is 5.74. The van der Waals surface area contributed by atoms with Crippen LogP contribution in [0.5, 0.6) is 5.75 Å². The summed E-state index contributed by atoms with van der Waals surface area (Å²) in [4.78, 5) is 2.63. The van der Waals surface area contributed by atoms with E-state index in [-0.39, 0.29) is 0 Å². The van der Waals surface area contributed by atoms with Crippen molar-refractivity contribution in [2.24, 2.45) is 0 Å². The number of fused-ring (bicyclic) bond motifs is 1. The van der Waals surface area contributed by atoms with Crippen LogP contribution >= 0.6 is 0 Å². The standard InChI is InChI=1S/C16H24N2O/c1-17-14-6-9-18(10-7-14)12-13-8-11-19-16-5-3-2-4-15(13)16/h2-5,13-14,17H,6-12H2,1H3. The van der Waals surface area contributed by atoms with Gasteiger partial charge in [-0.05, 0) is 51.0 Å². The first-order valence-electron chi connectivity index (χ1n) is 7.48. The summed E-state index contributed by atoms with van der Waals surface area (Å²) >= 11 is 0. The SMILES string of the molecule is CNC1CCN(CC2CCOc3ccccc32)CC1. The molecule has 0 saturated carbocycles. The van der Waals surface area contributed by atoms with E-state index in [2.05, 4.69) is 41.5 Å². The third-order valence-corrected chi connectivity index (χ3v) is 4.56. The van der Waals surface area contributed by atoms with Gasteiger partial charge in [0.25, 0.3) is 0 Å². The summed E-state index contributed by atoms with van der Waals surface area (Å²) in [6.45, 7) is 4.52. The lowest BCUT2D eigenvalue weighted by Gasteiger charge is -2.35. The van der Waals surface area contributed by atoms with E-state index in [9.17, 15) is 0 Å². The number of ether oxygens (including phenoxy) is 1. The van der Waals surface area contributed by atoms with Gasteiger partial charge in [-0.15, -0.1) is 0 Å². The molecule has 2 aliphatic heterocycles. The Hall–Kier alpha value is -1.06. The summed E-state index contributed by atoms with van der Waals surface area (Å²) in [5.41, 5.74) is 1.41. The largest absolute Gasteiger partial charge is 0.493 e. The average molecular weight is 260 g/mol. The molecule has 1 N–H and O–H groups in total. The molecule has 2 aliphatic rings. The lowest BCUT2D eigenvalue weighted by molar-refractivity contribution is 0.172. The van der Waals surface area contributed by atoms with Crippen molar-refractivity contribution in [3.8, 4) is 5.75 Å². The number of piperidine rings is 1. The summed E-state index contributed by atoms with van der Waals surface area (Å²) in [6.07, 6.45) is 3.71. The highest BCUT2D eigenvalue weighted by molar-refractivity contribution is 5.37. The van der Waals surface area contributed by atoms with Crippen LogP contribution in [0.3, 0.4) is 0 Å². The van der Waals surface area contributed by atoms with E-state index >= 15 is 0 Å². The quantitative estimate of drug-likeness (QED) is 0.902. The summed E-state index contributed by atoms with van der Waals surface area (Å²) in [6, 6.07) is 9.26. The predicted octanol–water partition coefficient (Wildman–Crippen LogP) is 2.24. The van der Waals surface area contributed by atoms with Crippen molar-refractivity contribution in [3.05, 3.63) is 29.8 Å². The monoisotopic (exact) mass is 260 g/mol. The van der Waals surface area contributed by atoms with Crippen molar-refractivity contribution in [1.29, 1.82) is 0 Å². The van der Waals surface area contributed by atoms with E-state index in [0.29, 0.717) is 5.92 Å². The van der Waals surface area contributed by atoms with Crippen LogP contribution in [-0.4, -0.2) is 44.2 Å². The van der Waals surface area contributed by atoms with Gasteiger partial charge in [0.05, 0.1) is 6.61 Å². The van der Waals surface area contributed by atoms with Crippen molar-refractivity contribution in [3.63, 3.8) is 0 Å². The zero-order chi connectivity index (χ0) is 13.1. The fourth-order valence-corrected chi connectivity index (χ4v) is 3.32. The first kappa shape index (κ1) is 12.9. The molecule has 1 unspecified atom stereocenters. The molecule has 3 nitrogen and oxygen atoms in total. The molecule has 0 aliphatic carbocycles. The molecule has 0 radical (unpaired) electrons. The molecule has 19 heavy (non-hydrogen) atoms. The topological polar surface area (TPSA) is 24.5 Å². The molecule has 2 heterocycles. The molecule has 0 bridgehead atoms. The van der Waals surface area contributed by atoms with Gasteiger partial charge < -0.3 is 15.0 Å². The maximum absolute atomic E-state index is 5.75. The zero-order valence-electron chi connectivity index (χ0n) is 11.8. The number of rotatable bonds is 3. The molecule has 1 atom stereocenters. The van der Waals surface area contributed by atoms with Gasteiger partial charge in [-0.25, -0.2) is 0 Å². The van der Waals surface area contributed by atoms with E-state index in [1.807, 2.05) is 0 Å². The van der Waals surface area contributed by atoms with Crippen LogP contribution < -0.4 is 10.1 Å². The van der Waals surface area contributed by atoms with Crippen LogP contribution in [0, 0.1) is 0 Å². The highest BCUT2D eigenvalue weighted by Gasteiger charge is 2.25. The van der Waals surface area contributed by atoms with Gasteiger partial charge in [0.15, 0.2) is 0 Å². The number of hydrogen-bond donors (Lipinski definition) is 1. The lowest BCUT2D eigenvalue weighted by atomic mass is 9.91. The van der Waals surface area contributed by atoms with Crippen molar-refractivity contribution in [1.82, 2.24) is 10.2 Å². The number of nitrogens with one attached hydrogen (secondary N) is 1. The molecule has 3 rings (SSSR count).